The van der Waals surface area contributed by atoms with Crippen molar-refractivity contribution in [2.45, 2.75) is 5.25 Å². The van der Waals surface area contributed by atoms with Gasteiger partial charge in [0.15, 0.2) is 0 Å². The first-order chi connectivity index (χ1) is 5.47. The van der Waals surface area contributed by atoms with E-state index in [1.807, 2.05) is 29.7 Å². The van der Waals surface area contributed by atoms with E-state index in [2.05, 4.69) is 10.4 Å². The van der Waals surface area contributed by atoms with Crippen molar-refractivity contribution in [1.29, 1.82) is 0 Å². The predicted octanol–water partition coefficient (Wildman–Crippen LogP) is 2.66. The van der Waals surface area contributed by atoms with Crippen molar-refractivity contribution >= 4 is 34.9 Å². The quantitative estimate of drug-likeness (QED) is 0.696. The highest BCUT2D eigenvalue weighted by Crippen LogP contribution is 2.37. The Morgan fingerprint density at radius 3 is 3.09 bits per heavy atom. The van der Waals surface area contributed by atoms with Gasteiger partial charge in [0.05, 0.1) is 5.25 Å². The molecule has 11 heavy (non-hydrogen) atoms. The highest BCUT2D eigenvalue weighted by molar-refractivity contribution is 8.06. The second kappa shape index (κ2) is 3.83. The molecule has 0 N–H and O–H groups in total. The van der Waals surface area contributed by atoms with E-state index >= 15 is 0 Å². The van der Waals surface area contributed by atoms with Crippen molar-refractivity contribution in [1.82, 2.24) is 4.98 Å². The molecule has 1 aliphatic heterocycles. The van der Waals surface area contributed by atoms with E-state index in [9.17, 15) is 0 Å². The molecular formula is C7H9NS3. The van der Waals surface area contributed by atoms with Crippen molar-refractivity contribution in [2.75, 3.05) is 17.3 Å². The van der Waals surface area contributed by atoms with Gasteiger partial charge in [-0.3, -0.25) is 0 Å². The molecule has 60 valence electrons. The number of hydrogen-bond donors (Lipinski definition) is 0. The summed E-state index contributed by atoms with van der Waals surface area (Å²) in [7, 11) is 0. The first kappa shape index (κ1) is 7.95. The highest BCUT2D eigenvalue weighted by Gasteiger charge is 2.17. The van der Waals surface area contributed by atoms with E-state index in [0.717, 1.165) is 0 Å². The lowest BCUT2D eigenvalue weighted by molar-refractivity contribution is 1.06. The van der Waals surface area contributed by atoms with E-state index in [0.29, 0.717) is 5.25 Å². The van der Waals surface area contributed by atoms with E-state index in [4.69, 9.17) is 0 Å². The number of nitrogens with zero attached hydrogens (tertiary/aromatic N) is 1. The van der Waals surface area contributed by atoms with Crippen LogP contribution >= 0.6 is 34.9 Å². The third-order valence-corrected chi connectivity index (χ3v) is 5.34. The Bertz CT molecular complexity index is 203. The lowest BCUT2D eigenvalue weighted by Crippen LogP contribution is -2.05. The number of aromatic nitrogens is 1. The highest BCUT2D eigenvalue weighted by atomic mass is 32.2. The second-order valence-electron chi connectivity index (χ2n) is 2.30. The summed E-state index contributed by atoms with van der Waals surface area (Å²) in [4.78, 5) is 4.32. The molecule has 1 fully saturated rings. The maximum Gasteiger partial charge on any atom is 0.106 e. The molecule has 1 unspecified atom stereocenters. The molecule has 1 aliphatic rings. The number of hydrogen-bond acceptors (Lipinski definition) is 4. The molecule has 0 spiro atoms. The lowest BCUT2D eigenvalue weighted by Gasteiger charge is -2.18. The first-order valence-corrected chi connectivity index (χ1v) is 6.64. The van der Waals surface area contributed by atoms with E-state index < -0.39 is 0 Å². The molecule has 0 radical (unpaired) electrons. The van der Waals surface area contributed by atoms with Crippen LogP contribution in [0.1, 0.15) is 10.3 Å². The third kappa shape index (κ3) is 1.92. The Kier molecular flexibility index (Phi) is 2.77. The summed E-state index contributed by atoms with van der Waals surface area (Å²) in [6, 6.07) is 0. The van der Waals surface area contributed by atoms with Crippen LogP contribution in [0.3, 0.4) is 0 Å². The molecule has 2 heterocycles. The maximum absolute atomic E-state index is 4.32. The monoisotopic (exact) mass is 203 g/mol. The number of thioether (sulfide) groups is 2. The van der Waals surface area contributed by atoms with Crippen LogP contribution in [-0.2, 0) is 0 Å². The minimum absolute atomic E-state index is 0.675. The van der Waals surface area contributed by atoms with Crippen LogP contribution < -0.4 is 0 Å². The van der Waals surface area contributed by atoms with Crippen molar-refractivity contribution in [2.24, 2.45) is 0 Å². The van der Waals surface area contributed by atoms with Gasteiger partial charge in [-0.1, -0.05) is 0 Å². The van der Waals surface area contributed by atoms with Gasteiger partial charge >= 0.3 is 0 Å². The van der Waals surface area contributed by atoms with Gasteiger partial charge in [-0.05, 0) is 0 Å². The molecular weight excluding hydrogens is 194 g/mol. The molecule has 0 bridgehead atoms. The van der Waals surface area contributed by atoms with Crippen molar-refractivity contribution in [3.63, 3.8) is 0 Å². The van der Waals surface area contributed by atoms with Gasteiger partial charge in [0, 0.05) is 28.8 Å². The normalized spacial score (nSPS) is 25.3. The average Bonchev–Trinajstić information content (AvgIpc) is 2.58. The van der Waals surface area contributed by atoms with Crippen LogP contribution in [-0.4, -0.2) is 22.2 Å². The standard InChI is InChI=1S/C7H9NS3/c1-2-11-7(8-1)6-5-9-3-4-10-6/h1-2,6H,3-5H2. The zero-order chi connectivity index (χ0) is 7.52. The molecule has 1 nitrogen and oxygen atoms in total. The molecule has 0 amide bonds. The first-order valence-electron chi connectivity index (χ1n) is 3.55. The fourth-order valence-corrected chi connectivity index (χ4v) is 4.67. The summed E-state index contributed by atoms with van der Waals surface area (Å²) in [5.74, 6) is 3.85. The second-order valence-corrected chi connectivity index (χ2v) is 5.69. The molecule has 1 aromatic rings. The number of thiazole rings is 1. The topological polar surface area (TPSA) is 12.9 Å². The summed E-state index contributed by atoms with van der Waals surface area (Å²) >= 11 is 5.88. The van der Waals surface area contributed by atoms with Gasteiger partial charge in [0.25, 0.3) is 0 Å². The van der Waals surface area contributed by atoms with Crippen molar-refractivity contribution in [3.05, 3.63) is 16.6 Å². The van der Waals surface area contributed by atoms with Crippen LogP contribution in [0.4, 0.5) is 0 Å². The molecule has 0 saturated carbocycles. The SMILES string of the molecule is c1csc(C2CSCCS2)n1. The fourth-order valence-electron chi connectivity index (χ4n) is 1.02. The van der Waals surface area contributed by atoms with Gasteiger partial charge < -0.3 is 0 Å². The number of rotatable bonds is 1. The Morgan fingerprint density at radius 2 is 2.45 bits per heavy atom. The van der Waals surface area contributed by atoms with Gasteiger partial charge in [-0.15, -0.1) is 23.1 Å². The molecule has 1 saturated heterocycles. The minimum atomic E-state index is 0.675. The zero-order valence-electron chi connectivity index (χ0n) is 6.03. The lowest BCUT2D eigenvalue weighted by atomic mass is 10.5. The third-order valence-electron chi connectivity index (χ3n) is 1.54. The zero-order valence-corrected chi connectivity index (χ0v) is 8.47. The fraction of sp³-hybridized carbons (Fsp3) is 0.571. The van der Waals surface area contributed by atoms with Gasteiger partial charge in [-0.25, -0.2) is 4.98 Å². The molecule has 2 rings (SSSR count). The molecule has 0 aliphatic carbocycles. The summed E-state index contributed by atoms with van der Waals surface area (Å²) < 4.78 is 0. The van der Waals surface area contributed by atoms with Crippen molar-refractivity contribution < 1.29 is 0 Å². The van der Waals surface area contributed by atoms with E-state index in [1.165, 1.54) is 22.3 Å². The van der Waals surface area contributed by atoms with Crippen LogP contribution in [0.2, 0.25) is 0 Å². The Labute approximate surface area is 79.0 Å². The van der Waals surface area contributed by atoms with Gasteiger partial charge in [-0.2, -0.15) is 11.8 Å². The summed E-state index contributed by atoms with van der Waals surface area (Å²) in [5.41, 5.74) is 0. The van der Waals surface area contributed by atoms with Crippen LogP contribution in [0, 0.1) is 0 Å². The Balaban J connectivity index is 2.04. The smallest absolute Gasteiger partial charge is 0.106 e. The van der Waals surface area contributed by atoms with Crippen molar-refractivity contribution in [3.8, 4) is 0 Å². The van der Waals surface area contributed by atoms with Crippen LogP contribution in [0.25, 0.3) is 0 Å². The Morgan fingerprint density at radius 1 is 1.45 bits per heavy atom. The summed E-state index contributed by atoms with van der Waals surface area (Å²) in [6.45, 7) is 0. The minimum Gasteiger partial charge on any atom is -0.248 e. The van der Waals surface area contributed by atoms with Crippen LogP contribution in [0.15, 0.2) is 11.6 Å². The van der Waals surface area contributed by atoms with Gasteiger partial charge in [0.1, 0.15) is 5.01 Å². The van der Waals surface area contributed by atoms with Gasteiger partial charge in [0.2, 0.25) is 0 Å². The molecule has 1 atom stereocenters. The summed E-state index contributed by atoms with van der Waals surface area (Å²) in [5, 5.41) is 4.05. The molecule has 0 aromatic carbocycles. The van der Waals surface area contributed by atoms with Crippen LogP contribution in [0.5, 0.6) is 0 Å². The largest absolute Gasteiger partial charge is 0.248 e. The average molecular weight is 203 g/mol. The maximum atomic E-state index is 4.32. The van der Waals surface area contributed by atoms with E-state index in [1.54, 1.807) is 11.3 Å². The summed E-state index contributed by atoms with van der Waals surface area (Å²) in [6.07, 6.45) is 1.90. The predicted molar refractivity (Wildman–Crippen MR) is 54.6 cm³/mol. The Hall–Kier alpha value is 0.330. The molecule has 4 heteroatoms. The van der Waals surface area contributed by atoms with E-state index in [-0.39, 0.29) is 0 Å². The molecule has 1 aromatic heterocycles.